The van der Waals surface area contributed by atoms with Crippen LogP contribution in [0, 0.1) is 29.8 Å². The van der Waals surface area contributed by atoms with E-state index in [9.17, 15) is 24.1 Å². The van der Waals surface area contributed by atoms with E-state index in [0.717, 1.165) is 0 Å². The first-order chi connectivity index (χ1) is 15.2. The van der Waals surface area contributed by atoms with E-state index >= 15 is 0 Å². The van der Waals surface area contributed by atoms with Gasteiger partial charge in [0.15, 0.2) is 6.04 Å². The molecule has 1 amide bonds. The second-order valence-corrected chi connectivity index (χ2v) is 6.94. The average molecular weight is 440 g/mol. The highest BCUT2D eigenvalue weighted by molar-refractivity contribution is 5.97. The van der Waals surface area contributed by atoms with Crippen molar-refractivity contribution < 1.29 is 23.6 Å². The first-order valence-electron chi connectivity index (χ1n) is 9.77. The van der Waals surface area contributed by atoms with Gasteiger partial charge in [-0.15, -0.1) is 0 Å². The maximum atomic E-state index is 13.3. The average Bonchev–Trinajstić information content (AvgIpc) is 3.06. The third-order valence-corrected chi connectivity index (χ3v) is 4.85. The molecule has 0 aliphatic rings. The number of hydrogen-bond donors (Lipinski definition) is 1. The molecule has 0 spiro atoms. The van der Waals surface area contributed by atoms with Gasteiger partial charge in [-0.2, -0.15) is 5.10 Å². The van der Waals surface area contributed by atoms with E-state index in [2.05, 4.69) is 10.4 Å². The molecule has 3 aromatic rings. The summed E-state index contributed by atoms with van der Waals surface area (Å²) in [6, 6.07) is 9.55. The smallest absolute Gasteiger partial charge is 0.333 e. The Morgan fingerprint density at radius 1 is 1.16 bits per heavy atom. The van der Waals surface area contributed by atoms with Gasteiger partial charge in [0.05, 0.1) is 22.9 Å². The Hall–Kier alpha value is -4.08. The van der Waals surface area contributed by atoms with Gasteiger partial charge < -0.3 is 10.1 Å². The number of hydrogen-bond acceptors (Lipinski definition) is 6. The van der Waals surface area contributed by atoms with E-state index in [1.54, 1.807) is 37.6 Å². The van der Waals surface area contributed by atoms with Crippen molar-refractivity contribution in [3.05, 3.63) is 87.0 Å². The third-order valence-electron chi connectivity index (χ3n) is 4.85. The van der Waals surface area contributed by atoms with E-state index in [4.69, 9.17) is 4.74 Å². The van der Waals surface area contributed by atoms with Crippen LogP contribution in [0.5, 0.6) is 0 Å². The Morgan fingerprint density at radius 2 is 1.78 bits per heavy atom. The van der Waals surface area contributed by atoms with E-state index in [0.29, 0.717) is 22.6 Å². The quantitative estimate of drug-likeness (QED) is 0.341. The lowest BCUT2D eigenvalue weighted by Crippen LogP contribution is -2.35. The number of halogens is 1. The second-order valence-electron chi connectivity index (χ2n) is 6.94. The summed E-state index contributed by atoms with van der Waals surface area (Å²) in [5.41, 5.74) is 2.07. The zero-order valence-electron chi connectivity index (χ0n) is 17.7. The van der Waals surface area contributed by atoms with Gasteiger partial charge in [-0.05, 0) is 57.2 Å². The van der Waals surface area contributed by atoms with Gasteiger partial charge in [0, 0.05) is 29.0 Å². The predicted octanol–water partition coefficient (Wildman–Crippen LogP) is 3.57. The van der Waals surface area contributed by atoms with Crippen molar-refractivity contribution in [1.29, 1.82) is 0 Å². The Kier molecular flexibility index (Phi) is 6.62. The number of nitrogens with one attached hydrogen (secondary N) is 1. The maximum Gasteiger partial charge on any atom is 0.333 e. The number of nitro groups is 1. The molecule has 1 unspecified atom stereocenters. The van der Waals surface area contributed by atoms with Crippen LogP contribution in [-0.2, 0) is 9.53 Å². The molecule has 0 aliphatic heterocycles. The second kappa shape index (κ2) is 9.38. The zero-order valence-corrected chi connectivity index (χ0v) is 17.7. The highest BCUT2D eigenvalue weighted by atomic mass is 19.1. The highest BCUT2D eigenvalue weighted by Gasteiger charge is 2.31. The molecule has 10 heteroatoms. The molecule has 1 heterocycles. The summed E-state index contributed by atoms with van der Waals surface area (Å²) in [6.45, 7) is 5.16. The lowest BCUT2D eigenvalue weighted by Gasteiger charge is -2.18. The molecule has 0 aliphatic carbocycles. The fraction of sp³-hybridized carbons (Fsp3) is 0.227. The summed E-state index contributed by atoms with van der Waals surface area (Å²) in [7, 11) is 0. The summed E-state index contributed by atoms with van der Waals surface area (Å²) < 4.78 is 20.0. The van der Waals surface area contributed by atoms with Crippen molar-refractivity contribution >= 4 is 17.6 Å². The van der Waals surface area contributed by atoms with Gasteiger partial charge in [-0.3, -0.25) is 14.9 Å². The van der Waals surface area contributed by atoms with Crippen molar-refractivity contribution in [3.8, 4) is 5.69 Å². The SMILES string of the molecule is CCOC(=O)C(NC(=O)c1ccc([N+](=O)[O-])cc1)c1c(C)nn(-c2ccc(F)cc2)c1C. The van der Waals surface area contributed by atoms with Gasteiger partial charge in [-0.25, -0.2) is 13.9 Å². The molecule has 0 saturated carbocycles. The highest BCUT2D eigenvalue weighted by Crippen LogP contribution is 2.26. The summed E-state index contributed by atoms with van der Waals surface area (Å²) in [5, 5.41) is 17.9. The van der Waals surface area contributed by atoms with Crippen LogP contribution in [0.1, 0.15) is 40.3 Å². The number of rotatable bonds is 7. The van der Waals surface area contributed by atoms with Crippen LogP contribution in [-0.4, -0.2) is 33.2 Å². The van der Waals surface area contributed by atoms with Gasteiger partial charge in [-0.1, -0.05) is 0 Å². The van der Waals surface area contributed by atoms with E-state index < -0.39 is 28.7 Å². The Labute approximate surface area is 183 Å². The number of carbonyl (C=O) groups is 2. The number of benzene rings is 2. The number of nitro benzene ring substituents is 1. The molecule has 1 aromatic heterocycles. The van der Waals surface area contributed by atoms with Crippen molar-refractivity contribution in [2.75, 3.05) is 6.61 Å². The van der Waals surface area contributed by atoms with Crippen LogP contribution >= 0.6 is 0 Å². The van der Waals surface area contributed by atoms with Crippen LogP contribution in [0.15, 0.2) is 48.5 Å². The molecule has 32 heavy (non-hydrogen) atoms. The number of non-ortho nitro benzene ring substituents is 1. The van der Waals surface area contributed by atoms with Crippen molar-refractivity contribution in [1.82, 2.24) is 15.1 Å². The van der Waals surface area contributed by atoms with Crippen molar-refractivity contribution in [2.45, 2.75) is 26.8 Å². The summed E-state index contributed by atoms with van der Waals surface area (Å²) in [6.07, 6.45) is 0. The number of amides is 1. The minimum absolute atomic E-state index is 0.104. The molecule has 0 bridgehead atoms. The minimum atomic E-state index is -1.16. The fourth-order valence-corrected chi connectivity index (χ4v) is 3.33. The number of ether oxygens (including phenoxy) is 1. The van der Waals surface area contributed by atoms with E-state index in [1.165, 1.54) is 36.4 Å². The summed E-state index contributed by atoms with van der Waals surface area (Å²) in [5.74, 6) is -1.67. The molecule has 2 aromatic carbocycles. The lowest BCUT2D eigenvalue weighted by molar-refractivity contribution is -0.384. The number of carbonyl (C=O) groups excluding carboxylic acids is 2. The number of aryl methyl sites for hydroxylation is 1. The van der Waals surface area contributed by atoms with E-state index in [-0.39, 0.29) is 17.9 Å². The number of aromatic nitrogens is 2. The van der Waals surface area contributed by atoms with Crippen LogP contribution in [0.4, 0.5) is 10.1 Å². The molecular formula is C22H21FN4O5. The Bertz CT molecular complexity index is 1160. The zero-order chi connectivity index (χ0) is 23.4. The van der Waals surface area contributed by atoms with Crippen molar-refractivity contribution in [2.24, 2.45) is 0 Å². The van der Waals surface area contributed by atoms with Gasteiger partial charge in [0.2, 0.25) is 0 Å². The molecule has 0 radical (unpaired) electrons. The van der Waals surface area contributed by atoms with Crippen LogP contribution < -0.4 is 5.32 Å². The molecule has 0 fully saturated rings. The minimum Gasteiger partial charge on any atom is -0.464 e. The van der Waals surface area contributed by atoms with Gasteiger partial charge in [0.25, 0.3) is 11.6 Å². The fourth-order valence-electron chi connectivity index (χ4n) is 3.33. The largest absolute Gasteiger partial charge is 0.464 e. The first-order valence-corrected chi connectivity index (χ1v) is 9.77. The lowest BCUT2D eigenvalue weighted by atomic mass is 10.0. The van der Waals surface area contributed by atoms with Crippen LogP contribution in [0.3, 0.4) is 0 Å². The molecule has 1 atom stereocenters. The standard InChI is InChI=1S/C22H21FN4O5/c1-4-32-22(29)20(24-21(28)15-5-9-18(10-6-15)27(30)31)19-13(2)25-26(14(19)3)17-11-7-16(23)8-12-17/h5-12,20H,4H2,1-3H3,(H,24,28). The number of esters is 1. The maximum absolute atomic E-state index is 13.3. The molecule has 166 valence electrons. The predicted molar refractivity (Wildman–Crippen MR) is 113 cm³/mol. The number of nitrogens with zero attached hydrogens (tertiary/aromatic N) is 3. The van der Waals surface area contributed by atoms with Crippen LogP contribution in [0.2, 0.25) is 0 Å². The molecular weight excluding hydrogens is 419 g/mol. The Morgan fingerprint density at radius 3 is 2.34 bits per heavy atom. The molecule has 0 saturated heterocycles. The topological polar surface area (TPSA) is 116 Å². The van der Waals surface area contributed by atoms with Gasteiger partial charge in [0.1, 0.15) is 5.82 Å². The summed E-state index contributed by atoms with van der Waals surface area (Å²) in [4.78, 5) is 35.8. The monoisotopic (exact) mass is 440 g/mol. The molecule has 9 nitrogen and oxygen atoms in total. The molecule has 3 rings (SSSR count). The third kappa shape index (κ3) is 4.64. The van der Waals surface area contributed by atoms with E-state index in [1.807, 2.05) is 0 Å². The van der Waals surface area contributed by atoms with Crippen LogP contribution in [0.25, 0.3) is 5.69 Å². The Balaban J connectivity index is 1.97. The first kappa shape index (κ1) is 22.6. The normalized spacial score (nSPS) is 11.6. The summed E-state index contributed by atoms with van der Waals surface area (Å²) >= 11 is 0. The van der Waals surface area contributed by atoms with Gasteiger partial charge >= 0.3 is 5.97 Å². The molecule has 1 N–H and O–H groups in total. The van der Waals surface area contributed by atoms with Crippen molar-refractivity contribution in [3.63, 3.8) is 0 Å².